The van der Waals surface area contributed by atoms with Crippen LogP contribution in [0.2, 0.25) is 0 Å². The van der Waals surface area contributed by atoms with Crippen molar-refractivity contribution in [1.29, 1.82) is 0 Å². The molecule has 2 heterocycles. The van der Waals surface area contributed by atoms with Crippen LogP contribution in [0.5, 0.6) is 0 Å². The van der Waals surface area contributed by atoms with Crippen LogP contribution in [0.4, 0.5) is 0 Å². The Morgan fingerprint density at radius 1 is 1.04 bits per heavy atom. The number of ketones is 1. The van der Waals surface area contributed by atoms with Crippen molar-refractivity contribution in [3.8, 4) is 0 Å². The molecular formula is C21H21NO3. The van der Waals surface area contributed by atoms with Crippen molar-refractivity contribution in [1.82, 2.24) is 5.32 Å². The maximum absolute atomic E-state index is 12.7. The van der Waals surface area contributed by atoms with Crippen LogP contribution in [-0.2, 0) is 14.3 Å². The van der Waals surface area contributed by atoms with Crippen molar-refractivity contribution < 1.29 is 14.3 Å². The molecule has 0 aromatic heterocycles. The normalized spacial score (nSPS) is 31.2. The second-order valence-electron chi connectivity index (χ2n) is 6.91. The van der Waals surface area contributed by atoms with Gasteiger partial charge in [0.25, 0.3) is 0 Å². The van der Waals surface area contributed by atoms with Gasteiger partial charge in [0, 0.05) is 24.3 Å². The van der Waals surface area contributed by atoms with Crippen molar-refractivity contribution in [3.63, 3.8) is 0 Å². The molecule has 1 spiro atoms. The molecule has 2 aliphatic rings. The fourth-order valence-electron chi connectivity index (χ4n) is 4.48. The zero-order valence-electron chi connectivity index (χ0n) is 14.1. The van der Waals surface area contributed by atoms with Crippen LogP contribution in [0.15, 0.2) is 60.7 Å². The van der Waals surface area contributed by atoms with Gasteiger partial charge in [-0.3, -0.25) is 14.9 Å². The zero-order chi connectivity index (χ0) is 17.4. The number of esters is 1. The third-order valence-corrected chi connectivity index (χ3v) is 5.54. The number of carbonyl (C=O) groups excluding carboxylic acids is 2. The predicted molar refractivity (Wildman–Crippen MR) is 94.0 cm³/mol. The Morgan fingerprint density at radius 3 is 2.16 bits per heavy atom. The minimum atomic E-state index is -0.835. The van der Waals surface area contributed by atoms with E-state index in [1.165, 1.54) is 0 Å². The Hall–Kier alpha value is -2.46. The molecule has 2 saturated heterocycles. The van der Waals surface area contributed by atoms with Crippen LogP contribution in [-0.4, -0.2) is 23.9 Å². The van der Waals surface area contributed by atoms with Gasteiger partial charge in [0.15, 0.2) is 0 Å². The van der Waals surface area contributed by atoms with Gasteiger partial charge in [-0.25, -0.2) is 0 Å². The number of carbonyl (C=O) groups is 2. The summed E-state index contributed by atoms with van der Waals surface area (Å²) in [5, 5.41) is 3.52. The molecule has 0 unspecified atom stereocenters. The van der Waals surface area contributed by atoms with Gasteiger partial charge in [-0.05, 0) is 18.1 Å². The van der Waals surface area contributed by atoms with Gasteiger partial charge >= 0.3 is 5.97 Å². The number of ether oxygens (including phenoxy) is 1. The lowest BCUT2D eigenvalue weighted by atomic mass is 9.72. The number of cyclic esters (lactones) is 1. The first-order chi connectivity index (χ1) is 12.1. The molecule has 0 aliphatic carbocycles. The SMILES string of the molecule is CC(=O)[C@@H]1[C@@H](c2ccccc2)N[C@@]2(CCOC2=O)[C@H]1c1ccccc1. The first kappa shape index (κ1) is 16.0. The summed E-state index contributed by atoms with van der Waals surface area (Å²) in [6.07, 6.45) is 0.582. The number of rotatable bonds is 3. The number of Topliss-reactive ketones (excluding diaryl/α,β-unsaturated/α-hetero) is 1. The Bertz CT molecular complexity index is 789. The summed E-state index contributed by atoms with van der Waals surface area (Å²) < 4.78 is 5.34. The molecule has 2 fully saturated rings. The Labute approximate surface area is 147 Å². The molecule has 0 saturated carbocycles. The molecule has 2 aliphatic heterocycles. The molecule has 4 atom stereocenters. The molecule has 0 radical (unpaired) electrons. The summed E-state index contributed by atoms with van der Waals surface area (Å²) in [6.45, 7) is 2.01. The highest BCUT2D eigenvalue weighted by atomic mass is 16.5. The molecule has 128 valence electrons. The van der Waals surface area contributed by atoms with Gasteiger partial charge < -0.3 is 4.74 Å². The Kier molecular flexibility index (Phi) is 3.92. The molecule has 4 nitrogen and oxygen atoms in total. The Morgan fingerprint density at radius 2 is 1.64 bits per heavy atom. The molecular weight excluding hydrogens is 314 g/mol. The summed E-state index contributed by atoms with van der Waals surface area (Å²) in [5.74, 6) is -0.695. The molecule has 2 aromatic carbocycles. The topological polar surface area (TPSA) is 55.4 Å². The third kappa shape index (κ3) is 2.48. The minimum Gasteiger partial charge on any atom is -0.464 e. The van der Waals surface area contributed by atoms with E-state index < -0.39 is 5.54 Å². The van der Waals surface area contributed by atoms with Crippen LogP contribution in [0, 0.1) is 5.92 Å². The van der Waals surface area contributed by atoms with E-state index in [0.717, 1.165) is 11.1 Å². The second kappa shape index (κ2) is 6.12. The predicted octanol–water partition coefficient (Wildman–Crippen LogP) is 3.01. The minimum absolute atomic E-state index is 0.0896. The molecule has 4 heteroatoms. The van der Waals surface area contributed by atoms with Crippen LogP contribution in [0.25, 0.3) is 0 Å². The van der Waals surface area contributed by atoms with Crippen LogP contribution >= 0.6 is 0 Å². The number of nitrogens with one attached hydrogen (secondary N) is 1. The Balaban J connectivity index is 1.87. The van der Waals surface area contributed by atoms with Gasteiger partial charge in [0.2, 0.25) is 0 Å². The second-order valence-corrected chi connectivity index (χ2v) is 6.91. The van der Waals surface area contributed by atoms with Gasteiger partial charge in [-0.1, -0.05) is 60.7 Å². The van der Waals surface area contributed by atoms with Crippen molar-refractivity contribution in [2.45, 2.75) is 30.8 Å². The van der Waals surface area contributed by atoms with E-state index >= 15 is 0 Å². The largest absolute Gasteiger partial charge is 0.464 e. The summed E-state index contributed by atoms with van der Waals surface area (Å²) in [5.41, 5.74) is 1.20. The summed E-state index contributed by atoms with van der Waals surface area (Å²) in [7, 11) is 0. The smallest absolute Gasteiger partial charge is 0.327 e. The van der Waals surface area contributed by atoms with Crippen molar-refractivity contribution in [2.75, 3.05) is 6.61 Å². The molecule has 4 rings (SSSR count). The van der Waals surface area contributed by atoms with Crippen LogP contribution < -0.4 is 5.32 Å². The van der Waals surface area contributed by atoms with Crippen LogP contribution in [0.1, 0.15) is 36.4 Å². The lowest BCUT2D eigenvalue weighted by Crippen LogP contribution is -2.48. The summed E-state index contributed by atoms with van der Waals surface area (Å²) in [4.78, 5) is 25.4. The van der Waals surface area contributed by atoms with E-state index in [4.69, 9.17) is 4.74 Å². The molecule has 25 heavy (non-hydrogen) atoms. The first-order valence-electron chi connectivity index (χ1n) is 8.69. The van der Waals surface area contributed by atoms with E-state index in [2.05, 4.69) is 5.32 Å². The average molecular weight is 335 g/mol. The highest BCUT2D eigenvalue weighted by Gasteiger charge is 2.62. The fraction of sp³-hybridized carbons (Fsp3) is 0.333. The van der Waals surface area contributed by atoms with Crippen molar-refractivity contribution in [2.24, 2.45) is 5.92 Å². The quantitative estimate of drug-likeness (QED) is 0.876. The van der Waals surface area contributed by atoms with E-state index in [-0.39, 0.29) is 29.6 Å². The lowest BCUT2D eigenvalue weighted by Gasteiger charge is -2.29. The zero-order valence-corrected chi connectivity index (χ0v) is 14.1. The number of hydrogen-bond acceptors (Lipinski definition) is 4. The highest BCUT2D eigenvalue weighted by molar-refractivity contribution is 5.90. The van der Waals surface area contributed by atoms with Gasteiger partial charge in [-0.2, -0.15) is 0 Å². The number of benzene rings is 2. The molecule has 1 N–H and O–H groups in total. The highest BCUT2D eigenvalue weighted by Crippen LogP contribution is 2.52. The lowest BCUT2D eigenvalue weighted by molar-refractivity contribution is -0.143. The number of hydrogen-bond donors (Lipinski definition) is 1. The van der Waals surface area contributed by atoms with E-state index in [1.54, 1.807) is 6.92 Å². The third-order valence-electron chi connectivity index (χ3n) is 5.54. The molecule has 0 amide bonds. The maximum atomic E-state index is 12.7. The van der Waals surface area contributed by atoms with E-state index in [1.807, 2.05) is 60.7 Å². The van der Waals surface area contributed by atoms with Gasteiger partial charge in [-0.15, -0.1) is 0 Å². The first-order valence-corrected chi connectivity index (χ1v) is 8.69. The van der Waals surface area contributed by atoms with Gasteiger partial charge in [0.1, 0.15) is 11.3 Å². The summed E-state index contributed by atoms with van der Waals surface area (Å²) >= 11 is 0. The van der Waals surface area contributed by atoms with Crippen molar-refractivity contribution in [3.05, 3.63) is 71.8 Å². The fourth-order valence-corrected chi connectivity index (χ4v) is 4.48. The monoisotopic (exact) mass is 335 g/mol. The standard InChI is InChI=1S/C21H21NO3/c1-14(23)17-18(15-8-4-2-5-9-15)21(12-13-25-20(21)24)22-19(17)16-10-6-3-7-11-16/h2-11,17-19,22H,12-13H2,1H3/t17-,18-,19+,21-/m0/s1. The van der Waals surface area contributed by atoms with Gasteiger partial charge in [0.05, 0.1) is 6.61 Å². The maximum Gasteiger partial charge on any atom is 0.327 e. The van der Waals surface area contributed by atoms with Crippen LogP contribution in [0.3, 0.4) is 0 Å². The molecule has 2 aromatic rings. The summed E-state index contributed by atoms with van der Waals surface area (Å²) in [6, 6.07) is 19.6. The van der Waals surface area contributed by atoms with Crippen molar-refractivity contribution >= 4 is 11.8 Å². The molecule has 0 bridgehead atoms. The van der Waals surface area contributed by atoms with E-state index in [9.17, 15) is 9.59 Å². The van der Waals surface area contributed by atoms with E-state index in [0.29, 0.717) is 13.0 Å². The average Bonchev–Trinajstić information content (AvgIpc) is 3.18.